The molecular weight excluding hydrogens is 328 g/mol. The Labute approximate surface area is 155 Å². The molecular formula is C20H26N4S. The minimum Gasteiger partial charge on any atom is -0.371 e. The predicted molar refractivity (Wildman–Crippen MR) is 109 cm³/mol. The summed E-state index contributed by atoms with van der Waals surface area (Å²) < 4.78 is 0. The van der Waals surface area contributed by atoms with Crippen LogP contribution in [0.3, 0.4) is 0 Å². The van der Waals surface area contributed by atoms with Gasteiger partial charge in [0.1, 0.15) is 0 Å². The van der Waals surface area contributed by atoms with Gasteiger partial charge in [0.05, 0.1) is 17.9 Å². The average molecular weight is 355 g/mol. The van der Waals surface area contributed by atoms with Gasteiger partial charge in [0.15, 0.2) is 5.11 Å². The molecule has 2 unspecified atom stereocenters. The quantitative estimate of drug-likeness (QED) is 0.798. The summed E-state index contributed by atoms with van der Waals surface area (Å²) in [5.41, 5.74) is 3.43. The fourth-order valence-electron chi connectivity index (χ4n) is 3.28. The van der Waals surface area contributed by atoms with Crippen LogP contribution < -0.4 is 15.5 Å². The monoisotopic (exact) mass is 354 g/mol. The third-order valence-electron chi connectivity index (χ3n) is 4.68. The minimum absolute atomic E-state index is 0.144. The van der Waals surface area contributed by atoms with Crippen molar-refractivity contribution in [3.8, 4) is 0 Å². The number of rotatable bonds is 4. The highest BCUT2D eigenvalue weighted by Crippen LogP contribution is 2.24. The van der Waals surface area contributed by atoms with Gasteiger partial charge in [-0.1, -0.05) is 19.1 Å². The first-order chi connectivity index (χ1) is 12.1. The van der Waals surface area contributed by atoms with E-state index in [1.165, 1.54) is 24.1 Å². The maximum atomic E-state index is 5.40. The van der Waals surface area contributed by atoms with Crippen LogP contribution in [0.5, 0.6) is 0 Å². The zero-order valence-corrected chi connectivity index (χ0v) is 15.7. The zero-order valence-electron chi connectivity index (χ0n) is 14.9. The second kappa shape index (κ2) is 8.30. The second-order valence-corrected chi connectivity index (χ2v) is 7.26. The van der Waals surface area contributed by atoms with Gasteiger partial charge in [0, 0.05) is 25.0 Å². The lowest BCUT2D eigenvalue weighted by Crippen LogP contribution is -2.34. The summed E-state index contributed by atoms with van der Waals surface area (Å²) >= 11 is 5.40. The lowest BCUT2D eigenvalue weighted by molar-refractivity contribution is 0.447. The molecule has 2 aromatic rings. The Hall–Kier alpha value is -2.14. The van der Waals surface area contributed by atoms with E-state index in [9.17, 15) is 0 Å². The molecule has 132 valence electrons. The fraction of sp³-hybridized carbons (Fsp3) is 0.400. The van der Waals surface area contributed by atoms with Crippen molar-refractivity contribution >= 4 is 28.7 Å². The van der Waals surface area contributed by atoms with Gasteiger partial charge in [-0.15, -0.1) is 0 Å². The van der Waals surface area contributed by atoms with Crippen LogP contribution in [0.1, 0.15) is 38.3 Å². The van der Waals surface area contributed by atoms with E-state index in [4.69, 9.17) is 12.2 Å². The standard InChI is InChI=1S/C20H26N4S/c1-15-5-4-12-24(14-15)19-9-7-17(8-10-19)16(2)22-20(25)23-18-6-3-11-21-13-18/h3,6-11,13,15-16H,4-5,12,14H2,1-2H3,(H2,22,23,25). The molecule has 0 aliphatic carbocycles. The van der Waals surface area contributed by atoms with E-state index >= 15 is 0 Å². The molecule has 1 aromatic carbocycles. The summed E-state index contributed by atoms with van der Waals surface area (Å²) in [6.45, 7) is 6.78. The molecule has 0 radical (unpaired) electrons. The van der Waals surface area contributed by atoms with E-state index in [0.29, 0.717) is 5.11 Å². The lowest BCUT2D eigenvalue weighted by Gasteiger charge is -2.33. The summed E-state index contributed by atoms with van der Waals surface area (Å²) in [4.78, 5) is 6.57. The van der Waals surface area contributed by atoms with Crippen molar-refractivity contribution in [3.05, 3.63) is 54.4 Å². The first kappa shape index (κ1) is 17.7. The Morgan fingerprint density at radius 3 is 2.76 bits per heavy atom. The summed E-state index contributed by atoms with van der Waals surface area (Å²) in [5, 5.41) is 7.10. The third-order valence-corrected chi connectivity index (χ3v) is 4.90. The van der Waals surface area contributed by atoms with Crippen molar-refractivity contribution in [1.82, 2.24) is 10.3 Å². The summed E-state index contributed by atoms with van der Waals surface area (Å²) in [6, 6.07) is 12.8. The van der Waals surface area contributed by atoms with E-state index in [2.05, 4.69) is 58.6 Å². The minimum atomic E-state index is 0.144. The summed E-state index contributed by atoms with van der Waals surface area (Å²) in [6.07, 6.45) is 6.13. The largest absolute Gasteiger partial charge is 0.371 e. The first-order valence-electron chi connectivity index (χ1n) is 8.94. The first-order valence-corrected chi connectivity index (χ1v) is 9.35. The van der Waals surface area contributed by atoms with Crippen LogP contribution in [0.25, 0.3) is 0 Å². The molecule has 2 heterocycles. The predicted octanol–water partition coefficient (Wildman–Crippen LogP) is 4.37. The zero-order chi connectivity index (χ0) is 17.6. The Morgan fingerprint density at radius 2 is 2.08 bits per heavy atom. The van der Waals surface area contributed by atoms with Gasteiger partial charge < -0.3 is 15.5 Å². The van der Waals surface area contributed by atoms with Gasteiger partial charge in [-0.05, 0) is 67.7 Å². The van der Waals surface area contributed by atoms with Crippen LogP contribution in [0.2, 0.25) is 0 Å². The maximum Gasteiger partial charge on any atom is 0.171 e. The van der Waals surface area contributed by atoms with Crippen molar-refractivity contribution < 1.29 is 0 Å². The molecule has 1 aliphatic heterocycles. The topological polar surface area (TPSA) is 40.2 Å². The summed E-state index contributed by atoms with van der Waals surface area (Å²) in [7, 11) is 0. The smallest absolute Gasteiger partial charge is 0.171 e. The van der Waals surface area contributed by atoms with Crippen LogP contribution in [0.15, 0.2) is 48.8 Å². The van der Waals surface area contributed by atoms with E-state index < -0.39 is 0 Å². The van der Waals surface area contributed by atoms with Crippen LogP contribution >= 0.6 is 12.2 Å². The Kier molecular flexibility index (Phi) is 5.87. The number of thiocarbonyl (C=S) groups is 1. The van der Waals surface area contributed by atoms with Gasteiger partial charge in [0.25, 0.3) is 0 Å². The van der Waals surface area contributed by atoms with Crippen molar-refractivity contribution in [3.63, 3.8) is 0 Å². The molecule has 2 atom stereocenters. The lowest BCUT2D eigenvalue weighted by atomic mass is 9.99. The molecule has 1 fully saturated rings. The Balaban J connectivity index is 1.57. The molecule has 1 saturated heterocycles. The SMILES string of the molecule is CC1CCCN(c2ccc(C(C)NC(=S)Nc3cccnc3)cc2)C1. The highest BCUT2D eigenvalue weighted by atomic mass is 32.1. The van der Waals surface area contributed by atoms with Gasteiger partial charge in [0.2, 0.25) is 0 Å². The molecule has 5 heteroatoms. The molecule has 3 rings (SSSR count). The molecule has 0 bridgehead atoms. The van der Waals surface area contributed by atoms with Crippen LogP contribution in [-0.2, 0) is 0 Å². The molecule has 1 aliphatic rings. The number of benzene rings is 1. The number of nitrogens with one attached hydrogen (secondary N) is 2. The Bertz CT molecular complexity index is 687. The molecule has 0 amide bonds. The van der Waals surface area contributed by atoms with Crippen LogP contribution in [0, 0.1) is 5.92 Å². The number of anilines is 2. The van der Waals surface area contributed by atoms with E-state index in [1.54, 1.807) is 12.4 Å². The van der Waals surface area contributed by atoms with E-state index in [0.717, 1.165) is 24.7 Å². The average Bonchev–Trinajstić information content (AvgIpc) is 2.62. The fourth-order valence-corrected chi connectivity index (χ4v) is 3.58. The maximum absolute atomic E-state index is 5.40. The van der Waals surface area contributed by atoms with Crippen molar-refractivity contribution in [2.45, 2.75) is 32.7 Å². The van der Waals surface area contributed by atoms with Crippen molar-refractivity contribution in [1.29, 1.82) is 0 Å². The van der Waals surface area contributed by atoms with Gasteiger partial charge >= 0.3 is 0 Å². The van der Waals surface area contributed by atoms with Gasteiger partial charge in [-0.25, -0.2) is 0 Å². The Morgan fingerprint density at radius 1 is 1.28 bits per heavy atom. The number of nitrogens with zero attached hydrogens (tertiary/aromatic N) is 2. The van der Waals surface area contributed by atoms with Crippen molar-refractivity contribution in [2.24, 2.45) is 5.92 Å². The molecule has 0 spiro atoms. The normalized spacial score (nSPS) is 18.5. The van der Waals surface area contributed by atoms with Gasteiger partial charge in [-0.2, -0.15) is 0 Å². The van der Waals surface area contributed by atoms with E-state index in [-0.39, 0.29) is 6.04 Å². The number of hydrogen-bond donors (Lipinski definition) is 2. The highest BCUT2D eigenvalue weighted by Gasteiger charge is 2.16. The molecule has 0 saturated carbocycles. The van der Waals surface area contributed by atoms with Crippen LogP contribution in [0.4, 0.5) is 11.4 Å². The van der Waals surface area contributed by atoms with Gasteiger partial charge in [-0.3, -0.25) is 4.98 Å². The number of pyridine rings is 1. The summed E-state index contributed by atoms with van der Waals surface area (Å²) in [5.74, 6) is 0.782. The van der Waals surface area contributed by atoms with Crippen LogP contribution in [-0.4, -0.2) is 23.2 Å². The second-order valence-electron chi connectivity index (χ2n) is 6.85. The molecule has 4 nitrogen and oxygen atoms in total. The molecule has 2 N–H and O–H groups in total. The van der Waals surface area contributed by atoms with E-state index in [1.807, 2.05) is 12.1 Å². The third kappa shape index (κ3) is 4.92. The number of aromatic nitrogens is 1. The molecule has 25 heavy (non-hydrogen) atoms. The molecule has 1 aromatic heterocycles. The highest BCUT2D eigenvalue weighted by molar-refractivity contribution is 7.80. The van der Waals surface area contributed by atoms with Crippen molar-refractivity contribution in [2.75, 3.05) is 23.3 Å². The number of hydrogen-bond acceptors (Lipinski definition) is 3. The number of piperidine rings is 1.